The van der Waals surface area contributed by atoms with Gasteiger partial charge in [0.15, 0.2) is 0 Å². The number of ether oxygens (including phenoxy) is 3. The maximum absolute atomic E-state index is 13.0. The number of hydrogen-bond donors (Lipinski definition) is 3. The third kappa shape index (κ3) is 12.3. The van der Waals surface area contributed by atoms with Gasteiger partial charge in [0, 0.05) is 29.7 Å². The topological polar surface area (TPSA) is 175 Å². The fraction of sp³-hybridized carbons (Fsp3) is 0.474. The summed E-state index contributed by atoms with van der Waals surface area (Å²) in [4.78, 5) is 68.7. The van der Waals surface area contributed by atoms with Crippen molar-refractivity contribution in [3.8, 4) is 22.4 Å². The Morgan fingerprint density at radius 2 is 0.918 bits per heavy atom. The van der Waals surface area contributed by atoms with E-state index in [9.17, 15) is 14.4 Å². The highest BCUT2D eigenvalue weighted by molar-refractivity contribution is 9.10. The number of rotatable bonds is 5. The van der Waals surface area contributed by atoms with E-state index in [4.69, 9.17) is 24.2 Å². The van der Waals surface area contributed by atoms with Gasteiger partial charge in [-0.25, -0.2) is 29.3 Å². The summed E-state index contributed by atoms with van der Waals surface area (Å²) in [7, 11) is 0. The van der Waals surface area contributed by atoms with Crippen LogP contribution >= 0.6 is 15.9 Å². The summed E-state index contributed by atoms with van der Waals surface area (Å²) in [6, 6.07) is 24.9. The van der Waals surface area contributed by atoms with Crippen LogP contribution < -0.4 is 0 Å². The zero-order chi connectivity index (χ0) is 51.8. The van der Waals surface area contributed by atoms with Crippen LogP contribution in [0.1, 0.15) is 156 Å². The number of nitrogens with one attached hydrogen (secondary N) is 3. The van der Waals surface area contributed by atoms with Crippen LogP contribution in [-0.4, -0.2) is 99.3 Å². The van der Waals surface area contributed by atoms with Gasteiger partial charge in [0.05, 0.1) is 52.1 Å². The Kier molecular flexibility index (Phi) is 14.7. The second kappa shape index (κ2) is 20.8. The van der Waals surface area contributed by atoms with E-state index in [0.29, 0.717) is 19.6 Å². The van der Waals surface area contributed by atoms with Crippen LogP contribution in [0.3, 0.4) is 0 Å². The van der Waals surface area contributed by atoms with E-state index in [2.05, 4.69) is 84.4 Å². The number of fused-ring (bicyclic) bond motifs is 3. The van der Waals surface area contributed by atoms with Crippen molar-refractivity contribution in [1.29, 1.82) is 0 Å². The van der Waals surface area contributed by atoms with Crippen LogP contribution in [0.25, 0.3) is 55.2 Å². The molecule has 4 aromatic carbocycles. The molecule has 16 heteroatoms. The molecule has 3 saturated heterocycles. The molecule has 0 aliphatic carbocycles. The Morgan fingerprint density at radius 3 is 1.41 bits per heavy atom. The maximum atomic E-state index is 13.0. The van der Waals surface area contributed by atoms with Crippen molar-refractivity contribution in [2.24, 2.45) is 0 Å². The number of carbonyl (C=O) groups is 3. The lowest BCUT2D eigenvalue weighted by Gasteiger charge is -2.35. The smallest absolute Gasteiger partial charge is 0.410 e. The summed E-state index contributed by atoms with van der Waals surface area (Å²) in [5.41, 5.74) is 6.29. The Balaban J connectivity index is 0.000000238. The molecule has 3 fully saturated rings. The van der Waals surface area contributed by atoms with Gasteiger partial charge in [0.1, 0.15) is 34.3 Å². The molecule has 0 saturated carbocycles. The first-order valence-electron chi connectivity index (χ1n) is 25.9. The number of aromatic amines is 3. The molecule has 0 spiro atoms. The minimum Gasteiger partial charge on any atom is -0.444 e. The van der Waals surface area contributed by atoms with Crippen molar-refractivity contribution >= 4 is 67.0 Å². The molecule has 0 unspecified atom stereocenters. The van der Waals surface area contributed by atoms with Crippen LogP contribution in [0.2, 0.25) is 0 Å². The average Bonchev–Trinajstić information content (AvgIpc) is 4.11. The van der Waals surface area contributed by atoms with E-state index in [1.807, 2.05) is 107 Å². The van der Waals surface area contributed by atoms with Crippen molar-refractivity contribution in [3.63, 3.8) is 0 Å². The first kappa shape index (κ1) is 51.5. The molecule has 0 radical (unpaired) electrons. The normalized spacial score (nSPS) is 18.9. The first-order chi connectivity index (χ1) is 34.6. The van der Waals surface area contributed by atoms with Gasteiger partial charge in [-0.15, -0.1) is 0 Å². The van der Waals surface area contributed by atoms with Gasteiger partial charge >= 0.3 is 18.3 Å². The van der Waals surface area contributed by atoms with E-state index in [1.165, 1.54) is 0 Å². The number of piperidine rings is 3. The van der Waals surface area contributed by atoms with E-state index in [1.54, 1.807) is 0 Å². The Morgan fingerprint density at radius 1 is 0.507 bits per heavy atom. The number of halogens is 1. The van der Waals surface area contributed by atoms with Crippen molar-refractivity contribution in [2.45, 2.75) is 155 Å². The molecule has 3 aliphatic heterocycles. The summed E-state index contributed by atoms with van der Waals surface area (Å²) in [6.45, 7) is 19.1. The van der Waals surface area contributed by atoms with E-state index in [0.717, 1.165) is 135 Å². The van der Waals surface area contributed by atoms with Crippen molar-refractivity contribution in [1.82, 2.24) is 44.6 Å². The number of H-pyrrole nitrogens is 3. The quantitative estimate of drug-likeness (QED) is 0.142. The summed E-state index contributed by atoms with van der Waals surface area (Å²) in [5.74, 6) is 2.43. The third-order valence-corrected chi connectivity index (χ3v) is 13.9. The Hall–Kier alpha value is -6.42. The molecule has 15 nitrogen and oxygen atoms in total. The van der Waals surface area contributed by atoms with Crippen molar-refractivity contribution in [2.75, 3.05) is 19.6 Å². The van der Waals surface area contributed by atoms with Crippen LogP contribution in [0.4, 0.5) is 14.4 Å². The Labute approximate surface area is 436 Å². The van der Waals surface area contributed by atoms with Gasteiger partial charge in [-0.3, -0.25) is 14.7 Å². The summed E-state index contributed by atoms with van der Waals surface area (Å²) >= 11 is 3.47. The molecule has 7 aromatic rings. The molecule has 3 aliphatic rings. The average molecular weight is 1060 g/mol. The molecule has 10 rings (SSSR count). The number of imidazole rings is 3. The number of carbonyl (C=O) groups excluding carboxylic acids is 3. The maximum Gasteiger partial charge on any atom is 0.410 e. The van der Waals surface area contributed by atoms with Crippen LogP contribution in [0.5, 0.6) is 0 Å². The van der Waals surface area contributed by atoms with Gasteiger partial charge in [-0.2, -0.15) is 0 Å². The molecule has 3 amide bonds. The molecule has 0 bridgehead atoms. The standard InChI is InChI=1S/C40H48N6O4.C17H22BrN3O2/c1-39(2,3)49-37(47)45-19-9-7-11-33(45)35-41-24-32(44-35)29-16-15-25-21-26(13-14-27(25)22-29)28-17-18-30-31(23-28)43-36(42-30)34-12-8-10-20-46(34)38(48)50-40(4,5)6;1-17(2,3)23-16(22)21-9-5-4-6-14(21)15-19-12-8-7-11(18)10-13(12)20-15/h13-18,21-24,33-34H,7-12,19-20H2,1-6H3,(H,41,44)(H,42,43);7-8,10,14H,4-6,9H2,1-3H3,(H,19,20)/t33-,34-;14-/m00/s1. The minimum atomic E-state index is -0.548. The van der Waals surface area contributed by atoms with Gasteiger partial charge in [0.25, 0.3) is 0 Å². The lowest BCUT2D eigenvalue weighted by atomic mass is 9.99. The minimum absolute atomic E-state index is 0.0511. The van der Waals surface area contributed by atoms with Crippen LogP contribution in [0, 0.1) is 0 Å². The fourth-order valence-corrected chi connectivity index (χ4v) is 10.4. The molecule has 3 N–H and O–H groups in total. The monoisotopic (exact) mass is 1060 g/mol. The van der Waals surface area contributed by atoms with Crippen molar-refractivity contribution < 1.29 is 28.6 Å². The highest BCUT2D eigenvalue weighted by atomic mass is 79.9. The van der Waals surface area contributed by atoms with Gasteiger partial charge < -0.3 is 29.2 Å². The zero-order valence-corrected chi connectivity index (χ0v) is 45.3. The molecule has 3 aromatic heterocycles. The molecule has 386 valence electrons. The predicted molar refractivity (Wildman–Crippen MR) is 289 cm³/mol. The van der Waals surface area contributed by atoms with Crippen molar-refractivity contribution in [3.05, 3.63) is 101 Å². The number of aromatic nitrogens is 6. The lowest BCUT2D eigenvalue weighted by molar-refractivity contribution is 0.00760. The predicted octanol–water partition coefficient (Wildman–Crippen LogP) is 14.5. The van der Waals surface area contributed by atoms with E-state index in [-0.39, 0.29) is 36.4 Å². The number of amides is 3. The summed E-state index contributed by atoms with van der Waals surface area (Å²) in [5, 5.41) is 2.26. The van der Waals surface area contributed by atoms with E-state index >= 15 is 0 Å². The van der Waals surface area contributed by atoms with Crippen LogP contribution in [0.15, 0.2) is 83.5 Å². The molecular formula is C57H70BrN9O6. The largest absolute Gasteiger partial charge is 0.444 e. The molecular weight excluding hydrogens is 987 g/mol. The second-order valence-electron chi connectivity index (χ2n) is 22.7. The summed E-state index contributed by atoms with van der Waals surface area (Å²) in [6.07, 6.45) is 9.72. The third-order valence-electron chi connectivity index (χ3n) is 13.4. The Bertz CT molecular complexity index is 3120. The van der Waals surface area contributed by atoms with Gasteiger partial charge in [-0.05, 0) is 184 Å². The SMILES string of the molecule is CC(C)(C)OC(=O)N1CCCC[C@H]1c1nc2ccc(Br)cc2[nH]1.CC(C)(C)OC(=O)N1CCCC[C@H]1c1ncc(-c2ccc3cc(-c4ccc5nc([C@@H]6CCCCN6C(=O)OC(C)(C)C)[nH]c5c4)ccc3c2)[nH]1. The number of nitrogens with zero attached hydrogens (tertiary/aromatic N) is 6. The highest BCUT2D eigenvalue weighted by Gasteiger charge is 2.36. The fourth-order valence-electron chi connectivity index (χ4n) is 10.0. The molecule has 6 heterocycles. The lowest BCUT2D eigenvalue weighted by Crippen LogP contribution is -2.42. The number of hydrogen-bond acceptors (Lipinski definition) is 9. The van der Waals surface area contributed by atoms with Crippen LogP contribution in [-0.2, 0) is 14.2 Å². The highest BCUT2D eigenvalue weighted by Crippen LogP contribution is 2.37. The van der Waals surface area contributed by atoms with E-state index < -0.39 is 16.8 Å². The number of likely N-dealkylation sites (tertiary alicyclic amines) is 3. The summed E-state index contributed by atoms with van der Waals surface area (Å²) < 4.78 is 18.0. The second-order valence-corrected chi connectivity index (χ2v) is 23.6. The number of benzene rings is 4. The molecule has 3 atom stereocenters. The van der Waals surface area contributed by atoms with Gasteiger partial charge in [-0.1, -0.05) is 46.3 Å². The molecule has 73 heavy (non-hydrogen) atoms. The van der Waals surface area contributed by atoms with Gasteiger partial charge in [0.2, 0.25) is 0 Å². The zero-order valence-electron chi connectivity index (χ0n) is 43.7. The first-order valence-corrected chi connectivity index (χ1v) is 26.7.